The summed E-state index contributed by atoms with van der Waals surface area (Å²) in [7, 11) is 0. The summed E-state index contributed by atoms with van der Waals surface area (Å²) in [6.07, 6.45) is 5.06. The SMILES string of the molecule is C#CCNCC(=O)N[C@H](C)c1ccc(Cl)cc1. The van der Waals surface area contributed by atoms with E-state index < -0.39 is 0 Å². The molecule has 0 aliphatic rings. The molecule has 0 fully saturated rings. The van der Waals surface area contributed by atoms with Crippen LogP contribution in [0.15, 0.2) is 24.3 Å². The van der Waals surface area contributed by atoms with E-state index in [1.807, 2.05) is 19.1 Å². The first kappa shape index (κ1) is 13.6. The minimum Gasteiger partial charge on any atom is -0.348 e. The molecule has 0 spiro atoms. The lowest BCUT2D eigenvalue weighted by Gasteiger charge is -2.14. The Morgan fingerprint density at radius 3 is 2.71 bits per heavy atom. The van der Waals surface area contributed by atoms with Gasteiger partial charge in [0.15, 0.2) is 0 Å². The summed E-state index contributed by atoms with van der Waals surface area (Å²) < 4.78 is 0. The van der Waals surface area contributed by atoms with Gasteiger partial charge in [-0.25, -0.2) is 0 Å². The van der Waals surface area contributed by atoms with E-state index in [1.165, 1.54) is 0 Å². The van der Waals surface area contributed by atoms with E-state index in [-0.39, 0.29) is 18.5 Å². The van der Waals surface area contributed by atoms with E-state index in [2.05, 4.69) is 16.6 Å². The summed E-state index contributed by atoms with van der Waals surface area (Å²) in [6.45, 7) is 2.53. The third-order valence-electron chi connectivity index (χ3n) is 2.26. The highest BCUT2D eigenvalue weighted by Crippen LogP contribution is 2.15. The molecule has 4 heteroatoms. The van der Waals surface area contributed by atoms with Crippen LogP contribution in [0.2, 0.25) is 5.02 Å². The predicted octanol–water partition coefficient (Wildman–Crippen LogP) is 1.74. The Kier molecular flexibility index (Phi) is 5.55. The quantitative estimate of drug-likeness (QED) is 0.617. The number of hydrogen-bond acceptors (Lipinski definition) is 2. The van der Waals surface area contributed by atoms with Crippen LogP contribution in [0.1, 0.15) is 18.5 Å². The van der Waals surface area contributed by atoms with Crippen molar-refractivity contribution in [2.75, 3.05) is 13.1 Å². The van der Waals surface area contributed by atoms with Crippen LogP contribution in [-0.4, -0.2) is 19.0 Å². The lowest BCUT2D eigenvalue weighted by Crippen LogP contribution is -2.35. The zero-order valence-corrected chi connectivity index (χ0v) is 10.4. The summed E-state index contributed by atoms with van der Waals surface area (Å²) >= 11 is 5.79. The monoisotopic (exact) mass is 250 g/mol. The van der Waals surface area contributed by atoms with Gasteiger partial charge in [0.2, 0.25) is 5.91 Å². The number of carbonyl (C=O) groups excluding carboxylic acids is 1. The first-order valence-corrected chi connectivity index (χ1v) is 5.70. The largest absolute Gasteiger partial charge is 0.348 e. The maximum absolute atomic E-state index is 11.5. The fourth-order valence-electron chi connectivity index (χ4n) is 1.38. The fourth-order valence-corrected chi connectivity index (χ4v) is 1.50. The van der Waals surface area contributed by atoms with Gasteiger partial charge in [0.1, 0.15) is 0 Å². The molecular weight excluding hydrogens is 236 g/mol. The van der Waals surface area contributed by atoms with Crippen molar-refractivity contribution in [3.05, 3.63) is 34.9 Å². The van der Waals surface area contributed by atoms with E-state index >= 15 is 0 Å². The van der Waals surface area contributed by atoms with Crippen LogP contribution in [-0.2, 0) is 4.79 Å². The third kappa shape index (κ3) is 4.90. The Balaban J connectivity index is 2.43. The molecule has 17 heavy (non-hydrogen) atoms. The standard InChI is InChI=1S/C13H15ClN2O/c1-3-8-15-9-13(17)16-10(2)11-4-6-12(14)7-5-11/h1,4-7,10,15H,8-9H2,2H3,(H,16,17)/t10-/m1/s1. The molecule has 1 aromatic carbocycles. The molecule has 2 N–H and O–H groups in total. The zero-order chi connectivity index (χ0) is 12.7. The van der Waals surface area contributed by atoms with E-state index in [9.17, 15) is 4.79 Å². The van der Waals surface area contributed by atoms with E-state index in [0.29, 0.717) is 11.6 Å². The van der Waals surface area contributed by atoms with Gasteiger partial charge in [0.25, 0.3) is 0 Å². The minimum absolute atomic E-state index is 0.0487. The highest BCUT2D eigenvalue weighted by Gasteiger charge is 2.08. The molecule has 3 nitrogen and oxygen atoms in total. The van der Waals surface area contributed by atoms with Crippen LogP contribution in [0.3, 0.4) is 0 Å². The molecule has 1 amide bonds. The van der Waals surface area contributed by atoms with Crippen LogP contribution in [0, 0.1) is 12.3 Å². The maximum atomic E-state index is 11.5. The third-order valence-corrected chi connectivity index (χ3v) is 2.51. The lowest BCUT2D eigenvalue weighted by atomic mass is 10.1. The van der Waals surface area contributed by atoms with Gasteiger partial charge < -0.3 is 5.32 Å². The zero-order valence-electron chi connectivity index (χ0n) is 9.66. The fraction of sp³-hybridized carbons (Fsp3) is 0.308. The van der Waals surface area contributed by atoms with Gasteiger partial charge in [0.05, 0.1) is 19.1 Å². The highest BCUT2D eigenvalue weighted by molar-refractivity contribution is 6.30. The van der Waals surface area contributed by atoms with Crippen molar-refractivity contribution in [1.82, 2.24) is 10.6 Å². The molecule has 0 aromatic heterocycles. The van der Waals surface area contributed by atoms with E-state index in [0.717, 1.165) is 5.56 Å². The number of nitrogens with one attached hydrogen (secondary N) is 2. The number of benzene rings is 1. The van der Waals surface area contributed by atoms with Crippen molar-refractivity contribution in [2.45, 2.75) is 13.0 Å². The molecule has 0 radical (unpaired) electrons. The van der Waals surface area contributed by atoms with Crippen molar-refractivity contribution in [1.29, 1.82) is 0 Å². The molecule has 0 aliphatic heterocycles. The number of hydrogen-bond donors (Lipinski definition) is 2. The molecule has 0 heterocycles. The highest BCUT2D eigenvalue weighted by atomic mass is 35.5. The number of carbonyl (C=O) groups is 1. The Morgan fingerprint density at radius 2 is 2.12 bits per heavy atom. The van der Waals surface area contributed by atoms with Crippen molar-refractivity contribution < 1.29 is 4.79 Å². The summed E-state index contributed by atoms with van der Waals surface area (Å²) in [4.78, 5) is 11.5. The average molecular weight is 251 g/mol. The molecule has 0 unspecified atom stereocenters. The number of rotatable bonds is 5. The second-order valence-corrected chi connectivity index (χ2v) is 4.08. The number of terminal acetylenes is 1. The van der Waals surface area contributed by atoms with Gasteiger partial charge in [-0.15, -0.1) is 6.42 Å². The molecule has 0 saturated heterocycles. The minimum atomic E-state index is -0.0808. The number of halogens is 1. The Labute approximate surface area is 107 Å². The van der Waals surface area contributed by atoms with Gasteiger partial charge in [-0.05, 0) is 24.6 Å². The smallest absolute Gasteiger partial charge is 0.234 e. The summed E-state index contributed by atoms with van der Waals surface area (Å²) in [5.41, 5.74) is 1.01. The molecule has 0 aliphatic carbocycles. The molecule has 1 rings (SSSR count). The maximum Gasteiger partial charge on any atom is 0.234 e. The van der Waals surface area contributed by atoms with Crippen LogP contribution < -0.4 is 10.6 Å². The first-order chi connectivity index (χ1) is 8.13. The van der Waals surface area contributed by atoms with Crippen molar-refractivity contribution in [3.8, 4) is 12.3 Å². The molecule has 1 atom stereocenters. The summed E-state index contributed by atoms with van der Waals surface area (Å²) in [6, 6.07) is 7.34. The lowest BCUT2D eigenvalue weighted by molar-refractivity contribution is -0.120. The predicted molar refractivity (Wildman–Crippen MR) is 69.7 cm³/mol. The number of amides is 1. The van der Waals surface area contributed by atoms with Crippen LogP contribution in [0.4, 0.5) is 0 Å². The second-order valence-electron chi connectivity index (χ2n) is 3.65. The van der Waals surface area contributed by atoms with E-state index in [4.69, 9.17) is 18.0 Å². The second kappa shape index (κ2) is 6.95. The van der Waals surface area contributed by atoms with Gasteiger partial charge in [-0.3, -0.25) is 10.1 Å². The van der Waals surface area contributed by atoms with Crippen LogP contribution in [0.5, 0.6) is 0 Å². The Hall–Kier alpha value is -1.50. The van der Waals surface area contributed by atoms with Crippen molar-refractivity contribution in [2.24, 2.45) is 0 Å². The molecule has 0 bridgehead atoms. The van der Waals surface area contributed by atoms with Crippen molar-refractivity contribution >= 4 is 17.5 Å². The first-order valence-electron chi connectivity index (χ1n) is 5.32. The van der Waals surface area contributed by atoms with Crippen LogP contribution in [0.25, 0.3) is 0 Å². The van der Waals surface area contributed by atoms with Gasteiger partial charge >= 0.3 is 0 Å². The summed E-state index contributed by atoms with van der Waals surface area (Å²) in [5, 5.41) is 6.38. The van der Waals surface area contributed by atoms with Crippen LogP contribution >= 0.6 is 11.6 Å². The van der Waals surface area contributed by atoms with Gasteiger partial charge in [-0.1, -0.05) is 29.7 Å². The summed E-state index contributed by atoms with van der Waals surface area (Å²) in [5.74, 6) is 2.33. The Morgan fingerprint density at radius 1 is 1.47 bits per heavy atom. The molecule has 0 saturated carbocycles. The van der Waals surface area contributed by atoms with E-state index in [1.54, 1.807) is 12.1 Å². The average Bonchev–Trinajstić information content (AvgIpc) is 2.30. The van der Waals surface area contributed by atoms with Gasteiger partial charge in [-0.2, -0.15) is 0 Å². The molecule has 90 valence electrons. The topological polar surface area (TPSA) is 41.1 Å². The van der Waals surface area contributed by atoms with Gasteiger partial charge in [0, 0.05) is 5.02 Å². The molecular formula is C13H15ClN2O. The van der Waals surface area contributed by atoms with Crippen molar-refractivity contribution in [3.63, 3.8) is 0 Å². The Bertz CT molecular complexity index is 408. The molecule has 1 aromatic rings. The normalized spacial score (nSPS) is 11.6.